The molecule has 0 spiro atoms. The van der Waals surface area contributed by atoms with Crippen LogP contribution < -0.4 is 10.1 Å². The number of amides is 1. The van der Waals surface area contributed by atoms with Crippen LogP contribution in [0, 0.1) is 5.82 Å². The number of rotatable bonds is 11. The quantitative estimate of drug-likeness (QED) is 0.251. The summed E-state index contributed by atoms with van der Waals surface area (Å²) < 4.78 is 43.4. The lowest BCUT2D eigenvalue weighted by molar-refractivity contribution is -0.116. The fourth-order valence-electron chi connectivity index (χ4n) is 3.42. The van der Waals surface area contributed by atoms with Crippen LogP contribution in [0.4, 0.5) is 14.5 Å². The molecule has 0 aliphatic rings. The second-order valence-corrected chi connectivity index (χ2v) is 8.64. The van der Waals surface area contributed by atoms with Crippen LogP contribution in [0.15, 0.2) is 51.5 Å². The van der Waals surface area contributed by atoms with Crippen LogP contribution >= 0.6 is 0 Å². The molecule has 1 amide bonds. The number of ether oxygens (including phenoxy) is 1. The van der Waals surface area contributed by atoms with Crippen LogP contribution in [0.2, 0.25) is 0 Å². The zero-order valence-electron chi connectivity index (χ0n) is 20.7. The first-order valence-electron chi connectivity index (χ1n) is 12.0. The van der Waals surface area contributed by atoms with Crippen molar-refractivity contribution in [1.29, 1.82) is 0 Å². The lowest BCUT2D eigenvalue weighted by Crippen LogP contribution is -2.12. The summed E-state index contributed by atoms with van der Waals surface area (Å²) in [5.41, 5.74) is 1.16. The van der Waals surface area contributed by atoms with Crippen molar-refractivity contribution < 1.29 is 27.4 Å². The average molecular weight is 512 g/mol. The van der Waals surface area contributed by atoms with Crippen molar-refractivity contribution in [3.8, 4) is 28.5 Å². The molecule has 194 valence electrons. The van der Waals surface area contributed by atoms with Crippen LogP contribution in [0.3, 0.4) is 0 Å². The molecule has 2 aromatic carbocycles. The van der Waals surface area contributed by atoms with Crippen LogP contribution in [0.1, 0.15) is 63.8 Å². The first kappa shape index (κ1) is 25.9. The van der Waals surface area contributed by atoms with E-state index in [4.69, 9.17) is 13.8 Å². The monoisotopic (exact) mass is 511 g/mol. The molecule has 2 heterocycles. The number of hydrogen-bond donors (Lipinski definition) is 1. The summed E-state index contributed by atoms with van der Waals surface area (Å²) in [6, 6.07) is 11.4. The number of hydrogen-bond acceptors (Lipinski definition) is 8. The fraction of sp³-hybridized carbons (Fsp3) is 0.346. The van der Waals surface area contributed by atoms with Gasteiger partial charge in [-0.25, -0.2) is 4.39 Å². The van der Waals surface area contributed by atoms with E-state index in [0.717, 1.165) is 5.56 Å². The smallest absolute Gasteiger partial charge is 0.268 e. The van der Waals surface area contributed by atoms with Gasteiger partial charge in [-0.05, 0) is 55.3 Å². The van der Waals surface area contributed by atoms with Gasteiger partial charge >= 0.3 is 0 Å². The minimum atomic E-state index is -0.664. The highest BCUT2D eigenvalue weighted by Gasteiger charge is 2.21. The highest BCUT2D eigenvalue weighted by atomic mass is 19.1. The molecule has 0 aliphatic carbocycles. The largest absolute Gasteiger partial charge is 0.481 e. The van der Waals surface area contributed by atoms with E-state index >= 15 is 0 Å². The highest BCUT2D eigenvalue weighted by molar-refractivity contribution is 5.91. The van der Waals surface area contributed by atoms with E-state index in [-0.39, 0.29) is 36.2 Å². The maximum absolute atomic E-state index is 14.5. The van der Waals surface area contributed by atoms with Gasteiger partial charge in [0.25, 0.3) is 5.89 Å². The molecule has 0 saturated heterocycles. The van der Waals surface area contributed by atoms with E-state index in [1.54, 1.807) is 18.2 Å². The average Bonchev–Trinajstić information content (AvgIpc) is 3.58. The Labute approximate surface area is 212 Å². The molecule has 11 heteroatoms. The van der Waals surface area contributed by atoms with Gasteiger partial charge in [0.1, 0.15) is 11.6 Å². The maximum atomic E-state index is 14.5. The number of benzene rings is 2. The van der Waals surface area contributed by atoms with Gasteiger partial charge in [-0.3, -0.25) is 9.18 Å². The van der Waals surface area contributed by atoms with E-state index in [0.29, 0.717) is 29.4 Å². The molecular weight excluding hydrogens is 484 g/mol. The summed E-state index contributed by atoms with van der Waals surface area (Å²) >= 11 is 0. The Morgan fingerprint density at radius 2 is 1.65 bits per heavy atom. The molecule has 2 aromatic heterocycles. The number of carbonyl (C=O) groups excluding carboxylic acids is 1. The number of anilines is 1. The Morgan fingerprint density at radius 3 is 2.27 bits per heavy atom. The van der Waals surface area contributed by atoms with Crippen LogP contribution in [-0.2, 0) is 4.79 Å². The van der Waals surface area contributed by atoms with Crippen LogP contribution in [0.25, 0.3) is 22.8 Å². The van der Waals surface area contributed by atoms with Gasteiger partial charge in [0.2, 0.25) is 23.4 Å². The zero-order valence-corrected chi connectivity index (χ0v) is 20.7. The third-order valence-corrected chi connectivity index (χ3v) is 5.45. The van der Waals surface area contributed by atoms with Crippen molar-refractivity contribution in [2.45, 2.75) is 52.1 Å². The van der Waals surface area contributed by atoms with Gasteiger partial charge in [-0.15, -0.1) is 0 Å². The standard InChI is InChI=1S/C26H27F2N5O4/c1-4-21(35-18-10-7-16(8-11-18)23-30-25(15(2)3)36-32-23)26-31-24(33-37-26)17-9-12-20(19(28)14-17)29-22(34)6-5-13-27/h7-12,14-15,21H,4-6,13H2,1-3H3,(H,29,34). The minimum Gasteiger partial charge on any atom is -0.481 e. The summed E-state index contributed by atoms with van der Waals surface area (Å²) in [5, 5.41) is 10.4. The van der Waals surface area contributed by atoms with E-state index in [9.17, 15) is 13.6 Å². The summed E-state index contributed by atoms with van der Waals surface area (Å²) in [7, 11) is 0. The Kier molecular flexibility index (Phi) is 8.22. The van der Waals surface area contributed by atoms with Crippen molar-refractivity contribution >= 4 is 11.6 Å². The molecule has 0 bridgehead atoms. The van der Waals surface area contributed by atoms with E-state index in [1.807, 2.05) is 32.9 Å². The summed E-state index contributed by atoms with van der Waals surface area (Å²) in [6.07, 6.45) is 0.0801. The Hall–Kier alpha value is -4.15. The summed E-state index contributed by atoms with van der Waals surface area (Å²) in [4.78, 5) is 20.5. The number of aromatic nitrogens is 4. The Bertz CT molecular complexity index is 1340. The van der Waals surface area contributed by atoms with Crippen LogP contribution in [-0.4, -0.2) is 32.9 Å². The molecule has 0 aliphatic heterocycles. The molecule has 4 rings (SSSR count). The van der Waals surface area contributed by atoms with Gasteiger partial charge in [0.15, 0.2) is 6.10 Å². The molecule has 0 radical (unpaired) electrons. The van der Waals surface area contributed by atoms with Crippen molar-refractivity contribution in [3.05, 3.63) is 60.1 Å². The van der Waals surface area contributed by atoms with Crippen molar-refractivity contribution in [3.63, 3.8) is 0 Å². The van der Waals surface area contributed by atoms with Crippen molar-refractivity contribution in [2.24, 2.45) is 0 Å². The summed E-state index contributed by atoms with van der Waals surface area (Å²) in [5.74, 6) is 1.10. The maximum Gasteiger partial charge on any atom is 0.268 e. The molecule has 4 aromatic rings. The predicted molar refractivity (Wildman–Crippen MR) is 131 cm³/mol. The third kappa shape index (κ3) is 6.35. The zero-order chi connectivity index (χ0) is 26.4. The molecule has 37 heavy (non-hydrogen) atoms. The molecule has 9 nitrogen and oxygen atoms in total. The highest BCUT2D eigenvalue weighted by Crippen LogP contribution is 2.29. The van der Waals surface area contributed by atoms with E-state index in [2.05, 4.69) is 25.6 Å². The van der Waals surface area contributed by atoms with Gasteiger partial charge in [0.05, 0.1) is 12.4 Å². The number of halogens is 2. The van der Waals surface area contributed by atoms with Gasteiger partial charge < -0.3 is 19.1 Å². The molecule has 1 N–H and O–H groups in total. The third-order valence-electron chi connectivity index (χ3n) is 5.45. The Balaban J connectivity index is 1.43. The molecular formula is C26H27F2N5O4. The predicted octanol–water partition coefficient (Wildman–Crippen LogP) is 6.27. The van der Waals surface area contributed by atoms with Crippen molar-refractivity contribution in [2.75, 3.05) is 12.0 Å². The second-order valence-electron chi connectivity index (χ2n) is 8.64. The van der Waals surface area contributed by atoms with Gasteiger partial charge in [-0.2, -0.15) is 9.97 Å². The molecule has 1 unspecified atom stereocenters. The van der Waals surface area contributed by atoms with Gasteiger partial charge in [0, 0.05) is 23.5 Å². The molecule has 1 atom stereocenters. The first-order chi connectivity index (χ1) is 17.9. The lowest BCUT2D eigenvalue weighted by atomic mass is 10.1. The summed E-state index contributed by atoms with van der Waals surface area (Å²) in [6.45, 7) is 5.26. The van der Waals surface area contributed by atoms with Crippen molar-refractivity contribution in [1.82, 2.24) is 20.3 Å². The number of alkyl halides is 1. The van der Waals surface area contributed by atoms with E-state index < -0.39 is 24.5 Å². The molecule has 0 fully saturated rings. The first-order valence-corrected chi connectivity index (χ1v) is 12.0. The fourth-order valence-corrected chi connectivity index (χ4v) is 3.42. The minimum absolute atomic E-state index is 0.00390. The number of carbonyl (C=O) groups is 1. The van der Waals surface area contributed by atoms with Gasteiger partial charge in [-0.1, -0.05) is 31.1 Å². The number of nitrogens with zero attached hydrogens (tertiary/aromatic N) is 4. The number of nitrogens with one attached hydrogen (secondary N) is 1. The normalized spacial score (nSPS) is 12.1. The molecule has 0 saturated carbocycles. The van der Waals surface area contributed by atoms with E-state index in [1.165, 1.54) is 12.1 Å². The Morgan fingerprint density at radius 1 is 1.00 bits per heavy atom. The van der Waals surface area contributed by atoms with Crippen LogP contribution in [0.5, 0.6) is 5.75 Å². The lowest BCUT2D eigenvalue weighted by Gasteiger charge is -2.13. The SMILES string of the molecule is CCC(Oc1ccc(-c2noc(C(C)C)n2)cc1)c1nc(-c2ccc(NC(=O)CCCF)c(F)c2)no1. The second kappa shape index (κ2) is 11.7. The topological polar surface area (TPSA) is 116 Å².